The summed E-state index contributed by atoms with van der Waals surface area (Å²) in [6.45, 7) is 1.69. The number of hydrogen-bond donors (Lipinski definition) is 2. The normalized spacial score (nSPS) is 19.3. The smallest absolute Gasteiger partial charge is 0.191 e. The van der Waals surface area contributed by atoms with E-state index in [1.54, 1.807) is 0 Å². The van der Waals surface area contributed by atoms with E-state index in [4.69, 9.17) is 0 Å². The first-order valence-corrected chi connectivity index (χ1v) is 9.17. The van der Waals surface area contributed by atoms with Gasteiger partial charge in [0.05, 0.1) is 5.52 Å². The molecule has 1 aliphatic carbocycles. The fraction of sp³-hybridized carbons (Fsp3) is 0.273. The summed E-state index contributed by atoms with van der Waals surface area (Å²) < 4.78 is 0. The van der Waals surface area contributed by atoms with Gasteiger partial charge >= 0.3 is 0 Å². The molecule has 4 rings (SSSR count). The van der Waals surface area contributed by atoms with Crippen LogP contribution < -0.4 is 10.6 Å². The molecule has 0 saturated heterocycles. The fourth-order valence-electron chi connectivity index (χ4n) is 3.52. The van der Waals surface area contributed by atoms with Gasteiger partial charge in [0.15, 0.2) is 5.96 Å². The first kappa shape index (κ1) is 16.6. The number of aliphatic imine (C=N–C) groups is 1. The zero-order valence-corrected chi connectivity index (χ0v) is 15.0. The van der Waals surface area contributed by atoms with Crippen molar-refractivity contribution in [3.63, 3.8) is 0 Å². The predicted octanol–water partition coefficient (Wildman–Crippen LogP) is 3.70. The Morgan fingerprint density at radius 1 is 1.04 bits per heavy atom. The van der Waals surface area contributed by atoms with Crippen LogP contribution in [-0.4, -0.2) is 24.5 Å². The predicted molar refractivity (Wildman–Crippen MR) is 107 cm³/mol. The van der Waals surface area contributed by atoms with E-state index < -0.39 is 0 Å². The Balaban J connectivity index is 1.32. The Hall–Kier alpha value is -2.88. The van der Waals surface area contributed by atoms with Gasteiger partial charge in [-0.2, -0.15) is 0 Å². The molecule has 2 unspecified atom stereocenters. The lowest BCUT2D eigenvalue weighted by molar-refractivity contribution is 0.720. The molecule has 0 spiro atoms. The van der Waals surface area contributed by atoms with Crippen LogP contribution in [0.5, 0.6) is 0 Å². The minimum Gasteiger partial charge on any atom is -0.356 e. The number of pyridine rings is 1. The lowest BCUT2D eigenvalue weighted by atomic mass is 10.1. The van der Waals surface area contributed by atoms with Gasteiger partial charge in [-0.15, -0.1) is 0 Å². The molecule has 2 N–H and O–H groups in total. The summed E-state index contributed by atoms with van der Waals surface area (Å²) in [5.74, 6) is 2.23. The molecular formula is C22H24N4. The minimum atomic E-state index is 0.686. The first-order valence-electron chi connectivity index (χ1n) is 9.17. The van der Waals surface area contributed by atoms with E-state index in [2.05, 4.69) is 69.1 Å². The number of fused-ring (bicyclic) bond motifs is 1. The maximum Gasteiger partial charge on any atom is 0.191 e. The molecular weight excluding hydrogens is 320 g/mol. The minimum absolute atomic E-state index is 0.686. The van der Waals surface area contributed by atoms with Crippen molar-refractivity contribution in [3.8, 4) is 0 Å². The van der Waals surface area contributed by atoms with E-state index >= 15 is 0 Å². The number of guanidine groups is 1. The lowest BCUT2D eigenvalue weighted by Crippen LogP contribution is -2.38. The van der Waals surface area contributed by atoms with Crippen LogP contribution in [-0.2, 0) is 6.54 Å². The maximum atomic E-state index is 4.42. The van der Waals surface area contributed by atoms with Crippen molar-refractivity contribution in [3.05, 3.63) is 78.0 Å². The van der Waals surface area contributed by atoms with Gasteiger partial charge in [-0.1, -0.05) is 48.5 Å². The Labute approximate surface area is 154 Å². The molecule has 1 heterocycles. The Morgan fingerprint density at radius 2 is 1.85 bits per heavy atom. The molecule has 2 aromatic carbocycles. The van der Waals surface area contributed by atoms with E-state index in [-0.39, 0.29) is 0 Å². The summed E-state index contributed by atoms with van der Waals surface area (Å²) in [6.07, 6.45) is 3.12. The average Bonchev–Trinajstić information content (AvgIpc) is 3.48. The number of nitrogens with one attached hydrogen (secondary N) is 2. The number of para-hydroxylation sites is 1. The van der Waals surface area contributed by atoms with E-state index in [9.17, 15) is 0 Å². The number of rotatable bonds is 5. The van der Waals surface area contributed by atoms with Crippen molar-refractivity contribution in [2.45, 2.75) is 18.9 Å². The van der Waals surface area contributed by atoms with Gasteiger partial charge in [0, 0.05) is 31.7 Å². The van der Waals surface area contributed by atoms with Crippen molar-refractivity contribution in [1.29, 1.82) is 0 Å². The number of benzene rings is 2. The molecule has 1 aromatic heterocycles. The van der Waals surface area contributed by atoms with Crippen molar-refractivity contribution < 1.29 is 0 Å². The van der Waals surface area contributed by atoms with Gasteiger partial charge in [-0.25, -0.2) is 0 Å². The molecule has 1 aliphatic rings. The van der Waals surface area contributed by atoms with E-state index in [0.29, 0.717) is 11.8 Å². The lowest BCUT2D eigenvalue weighted by Gasteiger charge is -2.13. The first-order chi connectivity index (χ1) is 12.8. The number of aromatic nitrogens is 1. The third-order valence-electron chi connectivity index (χ3n) is 5.09. The fourth-order valence-corrected chi connectivity index (χ4v) is 3.52. The van der Waals surface area contributed by atoms with E-state index in [1.165, 1.54) is 22.9 Å². The highest BCUT2D eigenvalue weighted by Crippen LogP contribution is 2.46. The zero-order chi connectivity index (χ0) is 17.8. The summed E-state index contributed by atoms with van der Waals surface area (Å²) >= 11 is 0. The maximum absolute atomic E-state index is 4.42. The number of nitrogens with zero attached hydrogens (tertiary/aromatic N) is 2. The van der Waals surface area contributed by atoms with Gasteiger partial charge in [0.2, 0.25) is 0 Å². The van der Waals surface area contributed by atoms with Crippen molar-refractivity contribution in [1.82, 2.24) is 15.6 Å². The van der Waals surface area contributed by atoms with Crippen molar-refractivity contribution >= 4 is 16.9 Å². The Kier molecular flexibility index (Phi) is 4.82. The molecule has 1 fully saturated rings. The van der Waals surface area contributed by atoms with Gasteiger partial charge in [-0.3, -0.25) is 9.98 Å². The number of hydrogen-bond acceptors (Lipinski definition) is 2. The zero-order valence-electron chi connectivity index (χ0n) is 15.0. The monoisotopic (exact) mass is 344 g/mol. The molecule has 0 aliphatic heterocycles. The standard InChI is InChI=1S/C22H24N4/c1-23-22(26-15-18-13-20(18)16-7-3-2-4-8-16)25-14-17-11-12-24-21-10-6-5-9-19(17)21/h2-12,18,20H,13-15H2,1H3,(H2,23,25,26). The van der Waals surface area contributed by atoms with Crippen LogP contribution in [0.1, 0.15) is 23.5 Å². The largest absolute Gasteiger partial charge is 0.356 e. The molecule has 26 heavy (non-hydrogen) atoms. The molecule has 0 amide bonds. The van der Waals surface area contributed by atoms with Gasteiger partial charge in [-0.05, 0) is 41.5 Å². The van der Waals surface area contributed by atoms with Crippen LogP contribution in [0, 0.1) is 5.92 Å². The summed E-state index contributed by atoms with van der Waals surface area (Å²) in [5, 5.41) is 8.08. The third kappa shape index (κ3) is 3.69. The average molecular weight is 344 g/mol. The second-order valence-corrected chi connectivity index (χ2v) is 6.81. The molecule has 132 valence electrons. The van der Waals surface area contributed by atoms with Crippen LogP contribution >= 0.6 is 0 Å². The highest BCUT2D eigenvalue weighted by atomic mass is 15.2. The van der Waals surface area contributed by atoms with Gasteiger partial charge < -0.3 is 10.6 Å². The van der Waals surface area contributed by atoms with Crippen molar-refractivity contribution in [2.75, 3.05) is 13.6 Å². The second kappa shape index (κ2) is 7.56. The van der Waals surface area contributed by atoms with E-state index in [1.807, 2.05) is 25.4 Å². The summed E-state index contributed by atoms with van der Waals surface area (Å²) in [4.78, 5) is 8.78. The molecule has 1 saturated carbocycles. The Bertz CT molecular complexity index is 899. The SMILES string of the molecule is CN=C(NCc1ccnc2ccccc12)NCC1CC1c1ccccc1. The van der Waals surface area contributed by atoms with Crippen LogP contribution in [0.3, 0.4) is 0 Å². The molecule has 4 nitrogen and oxygen atoms in total. The van der Waals surface area contributed by atoms with Crippen molar-refractivity contribution in [2.24, 2.45) is 10.9 Å². The quantitative estimate of drug-likeness (QED) is 0.548. The summed E-state index contributed by atoms with van der Waals surface area (Å²) in [5.41, 5.74) is 3.70. The second-order valence-electron chi connectivity index (χ2n) is 6.81. The summed E-state index contributed by atoms with van der Waals surface area (Å²) in [7, 11) is 1.82. The highest BCUT2D eigenvalue weighted by Gasteiger charge is 2.37. The summed E-state index contributed by atoms with van der Waals surface area (Å²) in [6, 6.07) is 21.1. The molecule has 4 heteroatoms. The van der Waals surface area contributed by atoms with Gasteiger partial charge in [0.25, 0.3) is 0 Å². The molecule has 2 atom stereocenters. The molecule has 0 radical (unpaired) electrons. The van der Waals surface area contributed by atoms with Crippen LogP contribution in [0.25, 0.3) is 10.9 Å². The Morgan fingerprint density at radius 3 is 2.69 bits per heavy atom. The van der Waals surface area contributed by atoms with Crippen LogP contribution in [0.2, 0.25) is 0 Å². The van der Waals surface area contributed by atoms with Gasteiger partial charge in [0.1, 0.15) is 0 Å². The topological polar surface area (TPSA) is 49.3 Å². The molecule has 0 bridgehead atoms. The molecule has 3 aromatic rings. The van der Waals surface area contributed by atoms with Crippen LogP contribution in [0.4, 0.5) is 0 Å². The van der Waals surface area contributed by atoms with E-state index in [0.717, 1.165) is 24.6 Å². The highest BCUT2D eigenvalue weighted by molar-refractivity contribution is 5.83. The third-order valence-corrected chi connectivity index (χ3v) is 5.09. The van der Waals surface area contributed by atoms with Crippen LogP contribution in [0.15, 0.2) is 71.9 Å².